The Morgan fingerprint density at radius 3 is 2.12 bits per heavy atom. The molecule has 3 unspecified atom stereocenters. The SMILES string of the molecule is CC(F)(c1cnc2c(c1)CCC1N(C(=O)C34CCC(C(N)=O)(CC3)CC4)CCC21S(=O)(=O)c1ccc(F)cc1)C(F)(F)F. The Morgan fingerprint density at radius 2 is 1.56 bits per heavy atom. The van der Waals surface area contributed by atoms with Crippen LogP contribution in [-0.2, 0) is 36.3 Å². The summed E-state index contributed by atoms with van der Waals surface area (Å²) in [5.41, 5.74) is -0.0101. The Hall–Kier alpha value is -3.09. The highest BCUT2D eigenvalue weighted by Gasteiger charge is 2.65. The molecule has 0 spiro atoms. The third kappa shape index (κ3) is 4.09. The summed E-state index contributed by atoms with van der Waals surface area (Å²) >= 11 is 0. The summed E-state index contributed by atoms with van der Waals surface area (Å²) in [5.74, 6) is -1.24. The second-order valence-corrected chi connectivity index (χ2v) is 15.0. The van der Waals surface area contributed by atoms with Crippen molar-refractivity contribution in [3.8, 4) is 0 Å². The quantitative estimate of drug-likeness (QED) is 0.371. The first-order chi connectivity index (χ1) is 20.0. The number of benzene rings is 1. The summed E-state index contributed by atoms with van der Waals surface area (Å²) in [4.78, 5) is 32.1. The summed E-state index contributed by atoms with van der Waals surface area (Å²) < 4.78 is 96.6. The van der Waals surface area contributed by atoms with Crippen LogP contribution in [0.3, 0.4) is 0 Å². The molecule has 5 aliphatic rings. The molecule has 1 aliphatic heterocycles. The number of rotatable bonds is 5. The molecule has 2 N–H and O–H groups in total. The van der Waals surface area contributed by atoms with E-state index in [9.17, 15) is 40.0 Å². The Morgan fingerprint density at radius 1 is 0.977 bits per heavy atom. The molecule has 232 valence electrons. The number of nitrogens with two attached hydrogens (primary N) is 1. The highest BCUT2D eigenvalue weighted by Crippen LogP contribution is 2.60. The number of sulfone groups is 1. The number of carbonyl (C=O) groups is 2. The lowest BCUT2D eigenvalue weighted by Gasteiger charge is -2.53. The molecule has 7 rings (SSSR count). The minimum atomic E-state index is -5.22. The second-order valence-electron chi connectivity index (χ2n) is 12.8. The maximum absolute atomic E-state index is 14.9. The fraction of sp³-hybridized carbons (Fsp3) is 0.567. The molecule has 1 aromatic carbocycles. The van der Waals surface area contributed by atoms with Gasteiger partial charge in [0.05, 0.1) is 16.6 Å². The molecule has 2 aromatic rings. The van der Waals surface area contributed by atoms with Gasteiger partial charge in [-0.2, -0.15) is 13.2 Å². The minimum Gasteiger partial charge on any atom is -0.369 e. The first kappa shape index (κ1) is 30.0. The average molecular weight is 626 g/mol. The third-order valence-electron chi connectivity index (χ3n) is 10.9. The average Bonchev–Trinajstić information content (AvgIpc) is 3.38. The molecular formula is C30H32F5N3O4S. The van der Waals surface area contributed by atoms with Gasteiger partial charge in [0.15, 0.2) is 9.84 Å². The van der Waals surface area contributed by atoms with Gasteiger partial charge in [-0.05, 0) is 101 Å². The maximum Gasteiger partial charge on any atom is 0.426 e. The highest BCUT2D eigenvalue weighted by molar-refractivity contribution is 7.92. The third-order valence-corrected chi connectivity index (χ3v) is 13.4. The second kappa shape index (κ2) is 9.45. The molecule has 2 amide bonds. The van der Waals surface area contributed by atoms with E-state index in [0.29, 0.717) is 45.4 Å². The summed E-state index contributed by atoms with van der Waals surface area (Å²) in [6.45, 7) is 0.447. The van der Waals surface area contributed by atoms with Gasteiger partial charge in [0.1, 0.15) is 10.6 Å². The normalized spacial score (nSPS) is 31.7. The van der Waals surface area contributed by atoms with Crippen molar-refractivity contribution in [1.29, 1.82) is 0 Å². The van der Waals surface area contributed by atoms with E-state index < -0.39 is 54.7 Å². The fourth-order valence-electron chi connectivity index (χ4n) is 8.01. The molecule has 3 atom stereocenters. The van der Waals surface area contributed by atoms with Crippen LogP contribution >= 0.6 is 0 Å². The fourth-order valence-corrected chi connectivity index (χ4v) is 10.3. The number of hydrogen-bond acceptors (Lipinski definition) is 5. The molecule has 13 heteroatoms. The predicted molar refractivity (Wildman–Crippen MR) is 144 cm³/mol. The number of pyridine rings is 1. The number of alkyl halides is 4. The smallest absolute Gasteiger partial charge is 0.369 e. The predicted octanol–water partition coefficient (Wildman–Crippen LogP) is 5.01. The molecule has 4 aliphatic carbocycles. The first-order valence-corrected chi connectivity index (χ1v) is 15.9. The van der Waals surface area contributed by atoms with E-state index in [1.807, 2.05) is 0 Å². The van der Waals surface area contributed by atoms with Gasteiger partial charge < -0.3 is 10.6 Å². The largest absolute Gasteiger partial charge is 0.426 e. The van der Waals surface area contributed by atoms with E-state index >= 15 is 0 Å². The lowest BCUT2D eigenvalue weighted by atomic mass is 9.53. The Kier molecular flexibility index (Phi) is 6.59. The number of amides is 2. The molecule has 0 radical (unpaired) electrons. The number of primary amides is 1. The van der Waals surface area contributed by atoms with Crippen molar-refractivity contribution < 1.29 is 40.0 Å². The van der Waals surface area contributed by atoms with Crippen molar-refractivity contribution in [3.05, 3.63) is 59.2 Å². The summed E-state index contributed by atoms with van der Waals surface area (Å²) in [7, 11) is -4.40. The van der Waals surface area contributed by atoms with E-state index in [1.165, 1.54) is 0 Å². The lowest BCUT2D eigenvalue weighted by molar-refractivity contribution is -0.228. The molecule has 1 aromatic heterocycles. The van der Waals surface area contributed by atoms with E-state index in [1.54, 1.807) is 4.90 Å². The van der Waals surface area contributed by atoms with Crippen LogP contribution in [0.2, 0.25) is 0 Å². The van der Waals surface area contributed by atoms with Crippen LogP contribution in [0.1, 0.15) is 75.1 Å². The Balaban J connectivity index is 1.45. The van der Waals surface area contributed by atoms with E-state index in [-0.39, 0.29) is 53.8 Å². The molecule has 2 bridgehead atoms. The number of aryl methyl sites for hydroxylation is 1. The van der Waals surface area contributed by atoms with Crippen molar-refractivity contribution in [2.75, 3.05) is 6.54 Å². The zero-order valence-corrected chi connectivity index (χ0v) is 24.3. The van der Waals surface area contributed by atoms with E-state index in [4.69, 9.17) is 5.73 Å². The Bertz CT molecular complexity index is 1580. The number of likely N-dealkylation sites (tertiary alicyclic amines) is 1. The highest BCUT2D eigenvalue weighted by atomic mass is 32.2. The van der Waals surface area contributed by atoms with Crippen LogP contribution in [0.25, 0.3) is 0 Å². The van der Waals surface area contributed by atoms with Crippen molar-refractivity contribution in [3.63, 3.8) is 0 Å². The van der Waals surface area contributed by atoms with E-state index in [0.717, 1.165) is 36.5 Å². The molecular weight excluding hydrogens is 593 g/mol. The van der Waals surface area contributed by atoms with Crippen LogP contribution in [0.15, 0.2) is 41.4 Å². The number of halogens is 5. The maximum atomic E-state index is 14.9. The first-order valence-electron chi connectivity index (χ1n) is 14.4. The van der Waals surface area contributed by atoms with Crippen LogP contribution in [-0.4, -0.2) is 48.9 Å². The van der Waals surface area contributed by atoms with Crippen LogP contribution < -0.4 is 5.73 Å². The van der Waals surface area contributed by atoms with Crippen molar-refractivity contribution in [2.24, 2.45) is 16.6 Å². The van der Waals surface area contributed by atoms with Crippen LogP contribution in [0, 0.1) is 16.6 Å². The summed E-state index contributed by atoms with van der Waals surface area (Å²) in [6, 6.07) is 4.37. The van der Waals surface area contributed by atoms with Gasteiger partial charge in [-0.1, -0.05) is 0 Å². The van der Waals surface area contributed by atoms with Crippen molar-refractivity contribution in [1.82, 2.24) is 9.88 Å². The van der Waals surface area contributed by atoms with Gasteiger partial charge in [0, 0.05) is 29.1 Å². The molecule has 1 saturated heterocycles. The number of aromatic nitrogens is 1. The molecule has 2 heterocycles. The zero-order valence-electron chi connectivity index (χ0n) is 23.5. The number of carbonyl (C=O) groups excluding carboxylic acids is 2. The topological polar surface area (TPSA) is 110 Å². The minimum absolute atomic E-state index is 0.0115. The molecule has 7 nitrogen and oxygen atoms in total. The molecule has 3 saturated carbocycles. The summed E-state index contributed by atoms with van der Waals surface area (Å²) in [5, 5.41) is 0. The van der Waals surface area contributed by atoms with E-state index in [2.05, 4.69) is 4.98 Å². The van der Waals surface area contributed by atoms with Gasteiger partial charge >= 0.3 is 6.18 Å². The number of hydrogen-bond donors (Lipinski definition) is 1. The van der Waals surface area contributed by atoms with Crippen molar-refractivity contribution >= 4 is 21.7 Å². The van der Waals surface area contributed by atoms with Crippen LogP contribution in [0.4, 0.5) is 22.0 Å². The summed E-state index contributed by atoms with van der Waals surface area (Å²) in [6.07, 6.45) is -1.65. The van der Waals surface area contributed by atoms with Gasteiger partial charge in [-0.3, -0.25) is 14.6 Å². The lowest BCUT2D eigenvalue weighted by Crippen LogP contribution is -2.58. The van der Waals surface area contributed by atoms with Gasteiger partial charge in [-0.25, -0.2) is 17.2 Å². The van der Waals surface area contributed by atoms with Gasteiger partial charge in [0.25, 0.3) is 0 Å². The number of nitrogens with zero attached hydrogens (tertiary/aromatic N) is 2. The Labute approximate surface area is 245 Å². The standard InChI is InChI=1S/C30H32F5N3O4S/c1-26(32,30(33,34)35)19-16-18-2-7-22-29(23(18)37-17-19,43(41,42)21-5-3-20(31)4-6-21)14-15-38(22)25(40)28-11-8-27(9-12-28,10-13-28)24(36)39/h3-6,16-17,22H,2,7-15H2,1H3,(H2,36,39). The zero-order chi connectivity index (χ0) is 31.2. The monoisotopic (exact) mass is 625 g/mol. The molecule has 43 heavy (non-hydrogen) atoms. The van der Waals surface area contributed by atoms with Crippen LogP contribution in [0.5, 0.6) is 0 Å². The molecule has 4 fully saturated rings. The van der Waals surface area contributed by atoms with Crippen molar-refractivity contribution in [2.45, 2.75) is 92.2 Å². The van der Waals surface area contributed by atoms with Gasteiger partial charge in [-0.15, -0.1) is 0 Å². The number of fused-ring (bicyclic) bond motifs is 6. The van der Waals surface area contributed by atoms with Gasteiger partial charge in [0.2, 0.25) is 17.5 Å².